The van der Waals surface area contributed by atoms with Crippen molar-refractivity contribution in [3.63, 3.8) is 0 Å². The molecule has 0 atom stereocenters. The van der Waals surface area contributed by atoms with Crippen LogP contribution in [0.1, 0.15) is 29.1 Å². The third-order valence-corrected chi connectivity index (χ3v) is 5.65. The fourth-order valence-electron chi connectivity index (χ4n) is 3.98. The van der Waals surface area contributed by atoms with Crippen molar-refractivity contribution in [1.29, 1.82) is 0 Å². The van der Waals surface area contributed by atoms with Crippen molar-refractivity contribution in [2.24, 2.45) is 4.99 Å². The lowest BCUT2D eigenvalue weighted by atomic mass is 10.0. The summed E-state index contributed by atoms with van der Waals surface area (Å²) in [6, 6.07) is 23.3. The van der Waals surface area contributed by atoms with Crippen LogP contribution in [0, 0.1) is 6.92 Å². The minimum Gasteiger partial charge on any atom is -0.269 e. The van der Waals surface area contributed by atoms with E-state index in [0.717, 1.165) is 46.7 Å². The van der Waals surface area contributed by atoms with Gasteiger partial charge in [0, 0.05) is 48.9 Å². The second kappa shape index (κ2) is 9.53. The molecule has 5 rings (SSSR count). The topological polar surface area (TPSA) is 51.0 Å². The Balaban J connectivity index is 1.35. The van der Waals surface area contributed by atoms with E-state index in [1.54, 1.807) is 0 Å². The summed E-state index contributed by atoms with van der Waals surface area (Å²) < 4.78 is 0. The van der Waals surface area contributed by atoms with E-state index in [0.29, 0.717) is 0 Å². The van der Waals surface area contributed by atoms with Crippen LogP contribution in [-0.2, 0) is 6.42 Å². The van der Waals surface area contributed by atoms with Crippen molar-refractivity contribution in [3.8, 4) is 22.4 Å². The minimum absolute atomic E-state index is 0.768. The lowest BCUT2D eigenvalue weighted by molar-refractivity contribution is 0.972. The van der Waals surface area contributed by atoms with Crippen LogP contribution in [0.25, 0.3) is 28.0 Å². The molecular weight excluding hydrogens is 404 g/mol. The zero-order valence-corrected chi connectivity index (χ0v) is 18.5. The fourth-order valence-corrected chi connectivity index (χ4v) is 3.98. The Labute approximate surface area is 194 Å². The highest BCUT2D eigenvalue weighted by molar-refractivity contribution is 5.78. The van der Waals surface area contributed by atoms with Gasteiger partial charge in [0.05, 0.1) is 5.69 Å². The molecule has 1 aliphatic heterocycles. The van der Waals surface area contributed by atoms with Gasteiger partial charge in [-0.25, -0.2) is 9.97 Å². The zero-order valence-electron chi connectivity index (χ0n) is 18.5. The molecule has 0 aliphatic carbocycles. The van der Waals surface area contributed by atoms with Gasteiger partial charge in [-0.15, -0.1) is 0 Å². The van der Waals surface area contributed by atoms with Crippen LogP contribution >= 0.6 is 0 Å². The van der Waals surface area contributed by atoms with E-state index in [4.69, 9.17) is 0 Å². The molecule has 33 heavy (non-hydrogen) atoms. The molecule has 0 unspecified atom stereocenters. The number of pyridine rings is 1. The average Bonchev–Trinajstić information content (AvgIpc) is 3.15. The summed E-state index contributed by atoms with van der Waals surface area (Å²) in [5.74, 6) is 0.783. The maximum Gasteiger partial charge on any atom is 0.126 e. The number of hydrogen-bond donors (Lipinski definition) is 0. The molecule has 0 amide bonds. The Bertz CT molecular complexity index is 1330. The van der Waals surface area contributed by atoms with E-state index in [1.807, 2.05) is 43.9 Å². The monoisotopic (exact) mass is 428 g/mol. The molecule has 0 spiro atoms. The highest BCUT2D eigenvalue weighted by atomic mass is 14.9. The molecule has 1 aliphatic rings. The van der Waals surface area contributed by atoms with Gasteiger partial charge >= 0.3 is 0 Å². The summed E-state index contributed by atoms with van der Waals surface area (Å²) in [5.41, 5.74) is 9.01. The molecule has 2 aromatic heterocycles. The molecule has 2 aromatic carbocycles. The van der Waals surface area contributed by atoms with E-state index < -0.39 is 0 Å². The molecule has 4 heteroatoms. The van der Waals surface area contributed by atoms with E-state index in [-0.39, 0.29) is 0 Å². The van der Waals surface area contributed by atoms with Crippen LogP contribution in [0.5, 0.6) is 0 Å². The summed E-state index contributed by atoms with van der Waals surface area (Å²) >= 11 is 0. The van der Waals surface area contributed by atoms with E-state index in [1.165, 1.54) is 16.7 Å². The number of allylic oxidation sites excluding steroid dienone is 3. The first-order chi connectivity index (χ1) is 16.2. The van der Waals surface area contributed by atoms with E-state index >= 15 is 0 Å². The molecule has 0 saturated carbocycles. The number of hydrogen-bond acceptors (Lipinski definition) is 4. The Kier molecular flexibility index (Phi) is 5.98. The fraction of sp³-hybridized carbons (Fsp3) is 0.103. The second-order valence-electron chi connectivity index (χ2n) is 8.02. The lowest BCUT2D eigenvalue weighted by Gasteiger charge is -2.09. The van der Waals surface area contributed by atoms with Crippen LogP contribution in [0.3, 0.4) is 0 Å². The van der Waals surface area contributed by atoms with Gasteiger partial charge in [0.1, 0.15) is 5.82 Å². The largest absolute Gasteiger partial charge is 0.269 e. The minimum atomic E-state index is 0.768. The molecule has 0 N–H and O–H groups in total. The smallest absolute Gasteiger partial charge is 0.126 e. The van der Waals surface area contributed by atoms with Gasteiger partial charge in [-0.1, -0.05) is 54.6 Å². The van der Waals surface area contributed by atoms with Crippen molar-refractivity contribution >= 4 is 11.8 Å². The van der Waals surface area contributed by atoms with Crippen LogP contribution in [0.2, 0.25) is 0 Å². The Morgan fingerprint density at radius 3 is 2.24 bits per heavy atom. The first-order valence-corrected chi connectivity index (χ1v) is 11.1. The third-order valence-electron chi connectivity index (χ3n) is 5.65. The molecule has 0 radical (unpaired) electrons. The highest BCUT2D eigenvalue weighted by Gasteiger charge is 2.07. The number of aryl methyl sites for hydroxylation is 1. The van der Waals surface area contributed by atoms with Crippen molar-refractivity contribution < 1.29 is 0 Å². The van der Waals surface area contributed by atoms with Crippen LogP contribution in [-0.4, -0.2) is 21.2 Å². The first kappa shape index (κ1) is 20.7. The summed E-state index contributed by atoms with van der Waals surface area (Å²) in [7, 11) is 0. The van der Waals surface area contributed by atoms with Crippen molar-refractivity contribution in [1.82, 2.24) is 15.0 Å². The number of rotatable bonds is 5. The maximum atomic E-state index is 4.69. The standard InChI is InChI=1S/C29H24N4/c1-21-32-28(19-22-4-6-24(7-5-22)23-3-2-15-30-16-12-23)20-29(33-21)27-10-8-25(9-11-27)26-13-17-31-18-14-26/h3-18,20H,2,19H2,1H3. The predicted octanol–water partition coefficient (Wildman–Crippen LogP) is 6.48. The SMILES string of the molecule is Cc1nc(Cc2ccc(C3=CCC=NC=C3)cc2)cc(-c2ccc(-c3ccncc3)cc2)n1. The van der Waals surface area contributed by atoms with Gasteiger partial charge in [-0.3, -0.25) is 9.98 Å². The average molecular weight is 429 g/mol. The number of nitrogens with zero attached hydrogens (tertiary/aromatic N) is 4. The number of aliphatic imine (C=N–C) groups is 1. The summed E-state index contributed by atoms with van der Waals surface area (Å²) in [6.45, 7) is 1.95. The van der Waals surface area contributed by atoms with E-state index in [9.17, 15) is 0 Å². The predicted molar refractivity (Wildman–Crippen MR) is 135 cm³/mol. The second-order valence-corrected chi connectivity index (χ2v) is 8.02. The normalized spacial score (nSPS) is 12.9. The van der Waals surface area contributed by atoms with Gasteiger partial charge in [-0.2, -0.15) is 0 Å². The highest BCUT2D eigenvalue weighted by Crippen LogP contribution is 2.25. The number of benzene rings is 2. The van der Waals surface area contributed by atoms with E-state index in [2.05, 4.69) is 86.7 Å². The Hall–Kier alpha value is -4.18. The molecule has 4 aromatic rings. The van der Waals surface area contributed by atoms with Crippen LogP contribution in [0.15, 0.2) is 102 Å². The molecule has 4 nitrogen and oxygen atoms in total. The third kappa shape index (κ3) is 5.01. The van der Waals surface area contributed by atoms with Gasteiger partial charge in [0.15, 0.2) is 0 Å². The van der Waals surface area contributed by atoms with Crippen molar-refractivity contribution in [2.45, 2.75) is 19.8 Å². The lowest BCUT2D eigenvalue weighted by Crippen LogP contribution is -1.99. The zero-order chi connectivity index (χ0) is 22.5. The number of aromatic nitrogens is 3. The first-order valence-electron chi connectivity index (χ1n) is 11.1. The van der Waals surface area contributed by atoms with Crippen molar-refractivity contribution in [3.05, 3.63) is 120 Å². The van der Waals surface area contributed by atoms with Crippen LogP contribution in [0.4, 0.5) is 0 Å². The summed E-state index contributed by atoms with van der Waals surface area (Å²) in [6.07, 6.45) is 13.3. The van der Waals surface area contributed by atoms with Gasteiger partial charge in [0.25, 0.3) is 0 Å². The molecule has 0 saturated heterocycles. The summed E-state index contributed by atoms with van der Waals surface area (Å²) in [4.78, 5) is 17.7. The molecule has 0 fully saturated rings. The maximum absolute atomic E-state index is 4.69. The van der Waals surface area contributed by atoms with Gasteiger partial charge in [0.2, 0.25) is 0 Å². The van der Waals surface area contributed by atoms with Crippen LogP contribution < -0.4 is 0 Å². The Morgan fingerprint density at radius 2 is 1.45 bits per heavy atom. The van der Waals surface area contributed by atoms with Crippen molar-refractivity contribution in [2.75, 3.05) is 0 Å². The molecule has 3 heterocycles. The van der Waals surface area contributed by atoms with Gasteiger partial charge in [-0.05, 0) is 59.0 Å². The quantitative estimate of drug-likeness (QED) is 0.366. The molecular formula is C29H24N4. The Morgan fingerprint density at radius 1 is 0.758 bits per heavy atom. The molecule has 0 bridgehead atoms. The summed E-state index contributed by atoms with van der Waals surface area (Å²) in [5, 5.41) is 0. The molecule has 160 valence electrons. The van der Waals surface area contributed by atoms with Gasteiger partial charge < -0.3 is 0 Å².